The summed E-state index contributed by atoms with van der Waals surface area (Å²) in [5.74, 6) is 0.240. The molecule has 1 unspecified atom stereocenters. The van der Waals surface area contributed by atoms with Crippen LogP contribution in [0.25, 0.3) is 0 Å². The van der Waals surface area contributed by atoms with E-state index >= 15 is 0 Å². The normalized spacial score (nSPS) is 19.2. The predicted octanol–water partition coefficient (Wildman–Crippen LogP) is 1.26. The van der Waals surface area contributed by atoms with Gasteiger partial charge in [0.1, 0.15) is 0 Å². The fourth-order valence-electron chi connectivity index (χ4n) is 2.14. The number of hydrogen-bond donors (Lipinski definition) is 1. The highest BCUT2D eigenvalue weighted by molar-refractivity contribution is 5.85. The molecule has 2 rings (SSSR count). The molecule has 1 N–H and O–H groups in total. The molecule has 4 nitrogen and oxygen atoms in total. The van der Waals surface area contributed by atoms with E-state index in [0.29, 0.717) is 12.5 Å². The van der Waals surface area contributed by atoms with E-state index in [9.17, 15) is 4.79 Å². The van der Waals surface area contributed by atoms with Crippen molar-refractivity contribution >= 4 is 18.3 Å². The first kappa shape index (κ1) is 14.9. The zero-order chi connectivity index (χ0) is 12.1. The Morgan fingerprint density at radius 1 is 1.56 bits per heavy atom. The van der Waals surface area contributed by atoms with Crippen LogP contribution in [0.1, 0.15) is 19.0 Å². The van der Waals surface area contributed by atoms with Crippen molar-refractivity contribution in [3.63, 3.8) is 0 Å². The van der Waals surface area contributed by atoms with Gasteiger partial charge in [-0.1, -0.05) is 6.07 Å². The van der Waals surface area contributed by atoms with Gasteiger partial charge in [0.05, 0.1) is 0 Å². The second-order valence-electron chi connectivity index (χ2n) is 4.46. The summed E-state index contributed by atoms with van der Waals surface area (Å²) in [4.78, 5) is 18.3. The van der Waals surface area contributed by atoms with E-state index in [1.54, 1.807) is 6.20 Å². The van der Waals surface area contributed by atoms with Gasteiger partial charge in [0.2, 0.25) is 5.91 Å². The fourth-order valence-corrected chi connectivity index (χ4v) is 2.14. The summed E-state index contributed by atoms with van der Waals surface area (Å²) in [5.41, 5.74) is 0.989. The maximum absolute atomic E-state index is 12.1. The van der Waals surface area contributed by atoms with E-state index in [-0.39, 0.29) is 18.3 Å². The lowest BCUT2D eigenvalue weighted by Crippen LogP contribution is -2.52. The molecule has 0 saturated carbocycles. The monoisotopic (exact) mass is 269 g/mol. The lowest BCUT2D eigenvalue weighted by molar-refractivity contribution is -0.133. The van der Waals surface area contributed by atoms with Crippen molar-refractivity contribution in [2.45, 2.75) is 25.8 Å². The molecule has 0 spiro atoms. The van der Waals surface area contributed by atoms with Crippen LogP contribution in [-0.2, 0) is 11.2 Å². The Kier molecular flexibility index (Phi) is 6.09. The standard InChI is InChI=1S/C13H19N3O.ClH/c1-11-10-14-8-9-16(11)13(17)6-5-12-4-2-3-7-15-12;/h2-4,7,11,14H,5-6,8-10H2,1H3;1H. The Morgan fingerprint density at radius 2 is 2.39 bits per heavy atom. The quantitative estimate of drug-likeness (QED) is 0.899. The van der Waals surface area contributed by atoms with Crippen LogP contribution in [0.4, 0.5) is 0 Å². The van der Waals surface area contributed by atoms with Crippen LogP contribution in [0.3, 0.4) is 0 Å². The number of nitrogens with zero attached hydrogens (tertiary/aromatic N) is 2. The molecule has 1 aromatic heterocycles. The molecule has 1 aromatic rings. The SMILES string of the molecule is CC1CNCCN1C(=O)CCc1ccccn1.Cl. The van der Waals surface area contributed by atoms with Gasteiger partial charge in [-0.25, -0.2) is 0 Å². The van der Waals surface area contributed by atoms with Crippen molar-refractivity contribution in [3.8, 4) is 0 Å². The van der Waals surface area contributed by atoms with Crippen LogP contribution >= 0.6 is 12.4 Å². The average molecular weight is 270 g/mol. The van der Waals surface area contributed by atoms with E-state index in [4.69, 9.17) is 0 Å². The van der Waals surface area contributed by atoms with Crippen LogP contribution in [0.5, 0.6) is 0 Å². The Hall–Kier alpha value is -1.13. The van der Waals surface area contributed by atoms with Crippen molar-refractivity contribution in [2.75, 3.05) is 19.6 Å². The number of carbonyl (C=O) groups excluding carboxylic acids is 1. The van der Waals surface area contributed by atoms with Crippen LogP contribution in [0.2, 0.25) is 0 Å². The van der Waals surface area contributed by atoms with Gasteiger partial charge in [0, 0.05) is 44.0 Å². The van der Waals surface area contributed by atoms with E-state index in [1.165, 1.54) is 0 Å². The topological polar surface area (TPSA) is 45.2 Å². The number of hydrogen-bond acceptors (Lipinski definition) is 3. The number of halogens is 1. The molecule has 1 fully saturated rings. The first-order valence-corrected chi connectivity index (χ1v) is 6.17. The number of carbonyl (C=O) groups is 1. The average Bonchev–Trinajstić information content (AvgIpc) is 2.38. The molecule has 5 heteroatoms. The molecule has 100 valence electrons. The third-order valence-corrected chi connectivity index (χ3v) is 3.14. The first-order valence-electron chi connectivity index (χ1n) is 6.17. The van der Waals surface area contributed by atoms with E-state index in [1.807, 2.05) is 23.1 Å². The van der Waals surface area contributed by atoms with E-state index < -0.39 is 0 Å². The van der Waals surface area contributed by atoms with Crippen molar-refractivity contribution in [1.29, 1.82) is 0 Å². The van der Waals surface area contributed by atoms with Crippen LogP contribution in [0, 0.1) is 0 Å². The summed E-state index contributed by atoms with van der Waals surface area (Å²) < 4.78 is 0. The molecule has 0 radical (unpaired) electrons. The Labute approximate surface area is 114 Å². The lowest BCUT2D eigenvalue weighted by atomic mass is 10.1. The molecule has 1 aliphatic rings. The third-order valence-electron chi connectivity index (χ3n) is 3.14. The highest BCUT2D eigenvalue weighted by atomic mass is 35.5. The predicted molar refractivity (Wildman–Crippen MR) is 73.9 cm³/mol. The minimum Gasteiger partial charge on any atom is -0.337 e. The van der Waals surface area contributed by atoms with Gasteiger partial charge in [0.25, 0.3) is 0 Å². The van der Waals surface area contributed by atoms with E-state index in [0.717, 1.165) is 31.7 Å². The van der Waals surface area contributed by atoms with Gasteiger partial charge >= 0.3 is 0 Å². The molecule has 2 heterocycles. The van der Waals surface area contributed by atoms with Crippen molar-refractivity contribution in [3.05, 3.63) is 30.1 Å². The van der Waals surface area contributed by atoms with Crippen LogP contribution in [-0.4, -0.2) is 41.5 Å². The summed E-state index contributed by atoms with van der Waals surface area (Å²) in [7, 11) is 0. The zero-order valence-corrected chi connectivity index (χ0v) is 11.4. The molecule has 0 aliphatic carbocycles. The fraction of sp³-hybridized carbons (Fsp3) is 0.538. The molecule has 0 aromatic carbocycles. The molecule has 1 atom stereocenters. The largest absolute Gasteiger partial charge is 0.337 e. The number of nitrogens with one attached hydrogen (secondary N) is 1. The first-order chi connectivity index (χ1) is 8.27. The second-order valence-corrected chi connectivity index (χ2v) is 4.46. The second kappa shape index (κ2) is 7.34. The molecule has 1 amide bonds. The highest BCUT2D eigenvalue weighted by Crippen LogP contribution is 2.07. The molecule has 18 heavy (non-hydrogen) atoms. The minimum atomic E-state index is 0. The van der Waals surface area contributed by atoms with Crippen LogP contribution < -0.4 is 5.32 Å². The highest BCUT2D eigenvalue weighted by Gasteiger charge is 2.22. The van der Waals surface area contributed by atoms with Gasteiger partial charge in [-0.3, -0.25) is 9.78 Å². The number of piperazine rings is 1. The van der Waals surface area contributed by atoms with Gasteiger partial charge in [-0.15, -0.1) is 12.4 Å². The number of aryl methyl sites for hydroxylation is 1. The van der Waals surface area contributed by atoms with Gasteiger partial charge in [-0.05, 0) is 25.5 Å². The summed E-state index contributed by atoms with van der Waals surface area (Å²) >= 11 is 0. The summed E-state index contributed by atoms with van der Waals surface area (Å²) in [6.45, 7) is 4.71. The maximum Gasteiger partial charge on any atom is 0.223 e. The number of rotatable bonds is 3. The third kappa shape index (κ3) is 3.96. The summed E-state index contributed by atoms with van der Waals surface area (Å²) in [5, 5.41) is 3.29. The number of aromatic nitrogens is 1. The van der Waals surface area contributed by atoms with Crippen LogP contribution in [0.15, 0.2) is 24.4 Å². The van der Waals surface area contributed by atoms with E-state index in [2.05, 4.69) is 17.2 Å². The smallest absolute Gasteiger partial charge is 0.223 e. The van der Waals surface area contributed by atoms with Crippen molar-refractivity contribution < 1.29 is 4.79 Å². The Bertz CT molecular complexity index is 372. The van der Waals surface area contributed by atoms with Crippen molar-refractivity contribution in [1.82, 2.24) is 15.2 Å². The zero-order valence-electron chi connectivity index (χ0n) is 10.6. The Balaban J connectivity index is 0.00000162. The van der Waals surface area contributed by atoms with Crippen molar-refractivity contribution in [2.24, 2.45) is 0 Å². The molecular formula is C13H20ClN3O. The lowest BCUT2D eigenvalue weighted by Gasteiger charge is -2.34. The number of amides is 1. The molecule has 0 bridgehead atoms. The van der Waals surface area contributed by atoms with Gasteiger partial charge in [0.15, 0.2) is 0 Å². The summed E-state index contributed by atoms with van der Waals surface area (Å²) in [6, 6.07) is 6.12. The molecule has 1 aliphatic heterocycles. The minimum absolute atomic E-state index is 0. The Morgan fingerprint density at radius 3 is 3.06 bits per heavy atom. The summed E-state index contributed by atoms with van der Waals surface area (Å²) in [6.07, 6.45) is 3.06. The number of pyridine rings is 1. The van der Waals surface area contributed by atoms with Gasteiger partial charge in [-0.2, -0.15) is 0 Å². The van der Waals surface area contributed by atoms with Gasteiger partial charge < -0.3 is 10.2 Å². The molecular weight excluding hydrogens is 250 g/mol. The maximum atomic E-state index is 12.1. The molecule has 1 saturated heterocycles.